The third-order valence-electron chi connectivity index (χ3n) is 2.57. The molecule has 2 aromatic heterocycles. The van der Waals surface area contributed by atoms with Gasteiger partial charge in [0.05, 0.1) is 12.2 Å². The Morgan fingerprint density at radius 2 is 2.30 bits per heavy atom. The molecule has 8 heteroatoms. The van der Waals surface area contributed by atoms with Crippen LogP contribution in [0.2, 0.25) is 0 Å². The van der Waals surface area contributed by atoms with Gasteiger partial charge >= 0.3 is 5.88 Å². The van der Waals surface area contributed by atoms with E-state index in [-0.39, 0.29) is 12.3 Å². The molecule has 0 fully saturated rings. The summed E-state index contributed by atoms with van der Waals surface area (Å²) in [4.78, 5) is 22.2. The second-order valence-electron chi connectivity index (χ2n) is 3.97. The molecule has 0 aromatic carbocycles. The molecule has 1 unspecified atom stereocenters. The minimum Gasteiger partial charge on any atom is -0.395 e. The minimum absolute atomic E-state index is 0.123. The zero-order chi connectivity index (χ0) is 14.5. The van der Waals surface area contributed by atoms with Gasteiger partial charge in [0.1, 0.15) is 4.92 Å². The van der Waals surface area contributed by atoms with Gasteiger partial charge in [0.25, 0.3) is 5.91 Å². The molecule has 0 aliphatic carbocycles. The highest BCUT2D eigenvalue weighted by atomic mass is 32.1. The lowest BCUT2D eigenvalue weighted by Crippen LogP contribution is -2.25. The number of nitrogens with one attached hydrogen (secondary N) is 1. The van der Waals surface area contributed by atoms with Crippen molar-refractivity contribution >= 4 is 23.1 Å². The quantitative estimate of drug-likeness (QED) is 0.627. The molecule has 0 bridgehead atoms. The molecule has 20 heavy (non-hydrogen) atoms. The molecule has 1 atom stereocenters. The molecular formula is C12H12N2O5S. The first-order valence-corrected chi connectivity index (χ1v) is 6.70. The molecule has 7 nitrogen and oxygen atoms in total. The minimum atomic E-state index is -0.711. The highest BCUT2D eigenvalue weighted by Crippen LogP contribution is 2.21. The van der Waals surface area contributed by atoms with Crippen molar-refractivity contribution in [3.8, 4) is 0 Å². The van der Waals surface area contributed by atoms with Gasteiger partial charge in [0, 0.05) is 11.4 Å². The molecule has 0 aliphatic rings. The van der Waals surface area contributed by atoms with Crippen LogP contribution in [-0.2, 0) is 0 Å². The number of nitro groups is 1. The standard InChI is InChI=1S/C12H12N2O5S/c15-8(10-2-1-7-20-10)5-6-13-12(16)9-3-4-11(19-9)14(17)18/h1-4,7-8,15H,5-6H2,(H,13,16). The van der Waals surface area contributed by atoms with Crippen LogP contribution >= 0.6 is 11.3 Å². The van der Waals surface area contributed by atoms with Gasteiger partial charge in [0.15, 0.2) is 5.76 Å². The summed E-state index contributed by atoms with van der Waals surface area (Å²) in [5.74, 6) is -1.15. The largest absolute Gasteiger partial charge is 0.433 e. The first-order chi connectivity index (χ1) is 9.58. The Balaban J connectivity index is 1.81. The van der Waals surface area contributed by atoms with Crippen LogP contribution in [0.4, 0.5) is 5.88 Å². The Morgan fingerprint density at radius 3 is 2.90 bits per heavy atom. The van der Waals surface area contributed by atoms with E-state index in [0.29, 0.717) is 6.42 Å². The van der Waals surface area contributed by atoms with Gasteiger partial charge in [-0.1, -0.05) is 6.07 Å². The van der Waals surface area contributed by atoms with Gasteiger partial charge in [-0.3, -0.25) is 14.9 Å². The Kier molecular flexibility index (Phi) is 4.49. The lowest BCUT2D eigenvalue weighted by molar-refractivity contribution is -0.402. The maximum Gasteiger partial charge on any atom is 0.433 e. The topological polar surface area (TPSA) is 106 Å². The average Bonchev–Trinajstić information content (AvgIpc) is 3.09. The number of aliphatic hydroxyl groups excluding tert-OH is 1. The number of nitrogens with zero attached hydrogens (tertiary/aromatic N) is 1. The van der Waals surface area contributed by atoms with Crippen molar-refractivity contribution in [2.45, 2.75) is 12.5 Å². The van der Waals surface area contributed by atoms with E-state index in [1.165, 1.54) is 17.4 Å². The summed E-state index contributed by atoms with van der Waals surface area (Å²) >= 11 is 1.44. The van der Waals surface area contributed by atoms with Crippen LogP contribution < -0.4 is 5.32 Å². The van der Waals surface area contributed by atoms with Crippen molar-refractivity contribution in [3.63, 3.8) is 0 Å². The summed E-state index contributed by atoms with van der Waals surface area (Å²) in [6, 6.07) is 6.01. The monoisotopic (exact) mass is 296 g/mol. The van der Waals surface area contributed by atoms with Gasteiger partial charge in [-0.05, 0) is 23.9 Å². The Morgan fingerprint density at radius 1 is 1.50 bits per heavy atom. The second-order valence-corrected chi connectivity index (χ2v) is 4.95. The highest BCUT2D eigenvalue weighted by Gasteiger charge is 2.17. The summed E-state index contributed by atoms with van der Waals surface area (Å²) in [7, 11) is 0. The van der Waals surface area contributed by atoms with Gasteiger partial charge in [0.2, 0.25) is 0 Å². The molecule has 2 rings (SSSR count). The third-order valence-corrected chi connectivity index (χ3v) is 3.54. The number of carbonyl (C=O) groups is 1. The van der Waals surface area contributed by atoms with E-state index in [1.54, 1.807) is 0 Å². The number of hydrogen-bond donors (Lipinski definition) is 2. The summed E-state index contributed by atoms with van der Waals surface area (Å²) in [6.45, 7) is 0.242. The van der Waals surface area contributed by atoms with Crippen molar-refractivity contribution in [2.75, 3.05) is 6.54 Å². The van der Waals surface area contributed by atoms with Gasteiger partial charge < -0.3 is 14.8 Å². The summed E-state index contributed by atoms with van der Waals surface area (Å²) in [5.41, 5.74) is 0. The van der Waals surface area contributed by atoms with Gasteiger partial charge in [-0.2, -0.15) is 0 Å². The van der Waals surface area contributed by atoms with Crippen LogP contribution in [0.3, 0.4) is 0 Å². The molecule has 0 saturated carbocycles. The highest BCUT2D eigenvalue weighted by molar-refractivity contribution is 7.10. The Labute approximate surface area is 118 Å². The van der Waals surface area contributed by atoms with Crippen molar-refractivity contribution < 1.29 is 19.2 Å². The van der Waals surface area contributed by atoms with Crippen molar-refractivity contribution in [1.82, 2.24) is 5.32 Å². The maximum atomic E-state index is 11.6. The SMILES string of the molecule is O=C(NCCC(O)c1cccs1)c1ccc([N+](=O)[O-])o1. The number of thiophene rings is 1. The number of carbonyl (C=O) groups excluding carboxylic acids is 1. The van der Waals surface area contributed by atoms with Gasteiger partial charge in [-0.25, -0.2) is 0 Å². The normalized spacial score (nSPS) is 12.1. The van der Waals surface area contributed by atoms with E-state index in [0.717, 1.165) is 10.9 Å². The first-order valence-electron chi connectivity index (χ1n) is 5.82. The summed E-state index contributed by atoms with van der Waals surface area (Å²) in [5, 5.41) is 24.6. The molecule has 2 aromatic rings. The molecule has 0 radical (unpaired) electrons. The molecule has 2 N–H and O–H groups in total. The molecular weight excluding hydrogens is 284 g/mol. The lowest BCUT2D eigenvalue weighted by Gasteiger charge is -2.08. The van der Waals surface area contributed by atoms with E-state index in [1.807, 2.05) is 17.5 Å². The zero-order valence-corrected chi connectivity index (χ0v) is 11.1. The van der Waals surface area contributed by atoms with Gasteiger partial charge in [-0.15, -0.1) is 11.3 Å². The fourth-order valence-corrected chi connectivity index (χ4v) is 2.33. The van der Waals surface area contributed by atoms with E-state index in [9.17, 15) is 20.0 Å². The molecule has 1 amide bonds. The van der Waals surface area contributed by atoms with Crippen LogP contribution in [0.5, 0.6) is 0 Å². The Bertz CT molecular complexity index is 593. The van der Waals surface area contributed by atoms with Crippen LogP contribution in [0.15, 0.2) is 34.1 Å². The number of aliphatic hydroxyl groups is 1. The van der Waals surface area contributed by atoms with Crippen molar-refractivity contribution in [3.05, 3.63) is 50.4 Å². The van der Waals surface area contributed by atoms with E-state index < -0.39 is 22.8 Å². The third kappa shape index (κ3) is 3.43. The number of furan rings is 1. The maximum absolute atomic E-state index is 11.6. The smallest absolute Gasteiger partial charge is 0.395 e. The lowest BCUT2D eigenvalue weighted by atomic mass is 10.2. The fraction of sp³-hybridized carbons (Fsp3) is 0.250. The van der Waals surface area contributed by atoms with E-state index in [4.69, 9.17) is 4.42 Å². The number of amides is 1. The van der Waals surface area contributed by atoms with Crippen LogP contribution in [0, 0.1) is 10.1 Å². The molecule has 0 saturated heterocycles. The van der Waals surface area contributed by atoms with E-state index >= 15 is 0 Å². The van der Waals surface area contributed by atoms with E-state index in [2.05, 4.69) is 5.32 Å². The summed E-state index contributed by atoms with van der Waals surface area (Å²) in [6.07, 6.45) is -0.282. The summed E-state index contributed by atoms with van der Waals surface area (Å²) < 4.78 is 4.77. The average molecular weight is 296 g/mol. The predicted octanol–water partition coefficient (Wildman–Crippen LogP) is 2.10. The van der Waals surface area contributed by atoms with Crippen molar-refractivity contribution in [2.24, 2.45) is 0 Å². The van der Waals surface area contributed by atoms with Crippen LogP contribution in [0.1, 0.15) is 28.0 Å². The molecule has 0 spiro atoms. The second kappa shape index (κ2) is 6.31. The zero-order valence-electron chi connectivity index (χ0n) is 10.3. The molecule has 0 aliphatic heterocycles. The molecule has 2 heterocycles. The Hall–Kier alpha value is -2.19. The predicted molar refractivity (Wildman–Crippen MR) is 71.6 cm³/mol. The molecule has 106 valence electrons. The van der Waals surface area contributed by atoms with Crippen molar-refractivity contribution in [1.29, 1.82) is 0 Å². The fourth-order valence-electron chi connectivity index (χ4n) is 1.58. The number of hydrogen-bond acceptors (Lipinski definition) is 6. The first kappa shape index (κ1) is 14.2. The number of rotatable bonds is 6. The van der Waals surface area contributed by atoms with Crippen LogP contribution in [-0.4, -0.2) is 22.5 Å². The van der Waals surface area contributed by atoms with Crippen LogP contribution in [0.25, 0.3) is 0 Å².